The predicted octanol–water partition coefficient (Wildman–Crippen LogP) is -0.283. The third kappa shape index (κ3) is 7.98. The number of urea groups is 1. The van der Waals surface area contributed by atoms with Crippen molar-refractivity contribution in [1.82, 2.24) is 10.2 Å². The number of hydrogen-bond donors (Lipinski definition) is 4. The van der Waals surface area contributed by atoms with E-state index in [1.54, 1.807) is 6.92 Å². The van der Waals surface area contributed by atoms with Crippen LogP contribution in [-0.2, 0) is 9.59 Å². The third-order valence-corrected chi connectivity index (χ3v) is 2.47. The minimum atomic E-state index is -1.28. The van der Waals surface area contributed by atoms with Crippen LogP contribution in [0.3, 0.4) is 0 Å². The summed E-state index contributed by atoms with van der Waals surface area (Å²) in [6.45, 7) is 1.85. The number of rotatable bonds is 8. The van der Waals surface area contributed by atoms with Gasteiger partial charge in [-0.05, 0) is 19.8 Å². The average Bonchev–Trinajstić information content (AvgIpc) is 2.30. The molecule has 0 aromatic rings. The zero-order valence-corrected chi connectivity index (χ0v) is 11.0. The standard InChI is InChI=1S/C11H20N2O6/c1-7(14)5-6-13(2)11(19)12-8(10(17)18)3-4-9(15)16/h7-8,14H,3-6H2,1-2H3,(H,12,19)(H,15,16)(H,17,18). The second-order valence-corrected chi connectivity index (χ2v) is 4.33. The highest BCUT2D eigenvalue weighted by atomic mass is 16.4. The number of carbonyl (C=O) groups is 3. The van der Waals surface area contributed by atoms with Crippen LogP contribution in [0.15, 0.2) is 0 Å². The molecule has 2 atom stereocenters. The van der Waals surface area contributed by atoms with Gasteiger partial charge < -0.3 is 25.5 Å². The fourth-order valence-electron chi connectivity index (χ4n) is 1.27. The normalized spacial score (nSPS) is 13.4. The van der Waals surface area contributed by atoms with Gasteiger partial charge in [0.05, 0.1) is 6.10 Å². The molecule has 8 heteroatoms. The fraction of sp³-hybridized carbons (Fsp3) is 0.727. The predicted molar refractivity (Wildman–Crippen MR) is 65.8 cm³/mol. The van der Waals surface area contributed by atoms with Crippen LogP contribution in [0.1, 0.15) is 26.2 Å². The Labute approximate surface area is 111 Å². The van der Waals surface area contributed by atoms with Crippen molar-refractivity contribution in [2.45, 2.75) is 38.3 Å². The molecule has 0 heterocycles. The SMILES string of the molecule is CC(O)CCN(C)C(=O)NC(CCC(=O)O)C(=O)O. The van der Waals surface area contributed by atoms with Crippen LogP contribution in [0.4, 0.5) is 4.79 Å². The number of amides is 2. The van der Waals surface area contributed by atoms with Crippen LogP contribution in [0.2, 0.25) is 0 Å². The minimum absolute atomic E-state index is 0.180. The molecule has 0 aliphatic heterocycles. The van der Waals surface area contributed by atoms with E-state index in [9.17, 15) is 14.4 Å². The van der Waals surface area contributed by atoms with Gasteiger partial charge in [0, 0.05) is 20.0 Å². The Morgan fingerprint density at radius 2 is 1.79 bits per heavy atom. The van der Waals surface area contributed by atoms with Gasteiger partial charge >= 0.3 is 18.0 Å². The largest absolute Gasteiger partial charge is 0.481 e. The lowest BCUT2D eigenvalue weighted by molar-refractivity contribution is -0.140. The number of hydrogen-bond acceptors (Lipinski definition) is 4. The number of aliphatic hydroxyl groups excluding tert-OH is 1. The Kier molecular flexibility index (Phi) is 7.50. The molecule has 8 nitrogen and oxygen atoms in total. The van der Waals surface area contributed by atoms with Crippen molar-refractivity contribution in [3.8, 4) is 0 Å². The number of nitrogens with one attached hydrogen (secondary N) is 1. The molecule has 0 radical (unpaired) electrons. The van der Waals surface area contributed by atoms with E-state index in [1.807, 2.05) is 0 Å². The number of carboxylic acids is 2. The van der Waals surface area contributed by atoms with Crippen LogP contribution >= 0.6 is 0 Å². The minimum Gasteiger partial charge on any atom is -0.481 e. The average molecular weight is 276 g/mol. The molecular weight excluding hydrogens is 256 g/mol. The maximum absolute atomic E-state index is 11.6. The smallest absolute Gasteiger partial charge is 0.326 e. The van der Waals surface area contributed by atoms with Crippen LogP contribution in [-0.4, -0.2) is 63.9 Å². The maximum Gasteiger partial charge on any atom is 0.326 e. The van der Waals surface area contributed by atoms with Crippen molar-refractivity contribution in [1.29, 1.82) is 0 Å². The summed E-state index contributed by atoms with van der Waals surface area (Å²) >= 11 is 0. The van der Waals surface area contributed by atoms with E-state index in [0.29, 0.717) is 6.42 Å². The topological polar surface area (TPSA) is 127 Å². The van der Waals surface area contributed by atoms with Crippen molar-refractivity contribution in [3.63, 3.8) is 0 Å². The zero-order valence-electron chi connectivity index (χ0n) is 11.0. The van der Waals surface area contributed by atoms with Crippen molar-refractivity contribution in [2.24, 2.45) is 0 Å². The highest BCUT2D eigenvalue weighted by Gasteiger charge is 2.22. The molecule has 0 saturated carbocycles. The Balaban J connectivity index is 4.29. The first-order valence-corrected chi connectivity index (χ1v) is 5.88. The lowest BCUT2D eigenvalue weighted by atomic mass is 10.1. The Morgan fingerprint density at radius 3 is 2.21 bits per heavy atom. The van der Waals surface area contributed by atoms with Crippen molar-refractivity contribution in [3.05, 3.63) is 0 Å². The van der Waals surface area contributed by atoms with Gasteiger partial charge in [0.2, 0.25) is 0 Å². The first kappa shape index (κ1) is 17.2. The van der Waals surface area contributed by atoms with Crippen LogP contribution in [0, 0.1) is 0 Å². The van der Waals surface area contributed by atoms with Crippen molar-refractivity contribution >= 4 is 18.0 Å². The highest BCUT2D eigenvalue weighted by Crippen LogP contribution is 2.00. The summed E-state index contributed by atoms with van der Waals surface area (Å²) in [6.07, 6.45) is -0.705. The molecule has 4 N–H and O–H groups in total. The van der Waals surface area contributed by atoms with Crippen molar-refractivity contribution < 1.29 is 29.7 Å². The number of carbonyl (C=O) groups excluding carboxylic acids is 1. The van der Waals surface area contributed by atoms with Crippen molar-refractivity contribution in [2.75, 3.05) is 13.6 Å². The van der Waals surface area contributed by atoms with Gasteiger partial charge in [-0.2, -0.15) is 0 Å². The quantitative estimate of drug-likeness (QED) is 0.482. The molecule has 2 amide bonds. The summed E-state index contributed by atoms with van der Waals surface area (Å²) in [4.78, 5) is 34.1. The van der Waals surface area contributed by atoms with Crippen LogP contribution < -0.4 is 5.32 Å². The summed E-state index contributed by atoms with van der Waals surface area (Å²) in [6, 6.07) is -1.85. The van der Waals surface area contributed by atoms with Gasteiger partial charge in [-0.1, -0.05) is 0 Å². The van der Waals surface area contributed by atoms with E-state index in [4.69, 9.17) is 15.3 Å². The van der Waals surface area contributed by atoms with Gasteiger partial charge in [-0.15, -0.1) is 0 Å². The molecule has 0 fully saturated rings. The number of nitrogens with zero attached hydrogens (tertiary/aromatic N) is 1. The summed E-state index contributed by atoms with van der Waals surface area (Å²) in [5.74, 6) is -2.40. The molecule has 19 heavy (non-hydrogen) atoms. The van der Waals surface area contributed by atoms with Gasteiger partial charge in [-0.25, -0.2) is 9.59 Å². The zero-order chi connectivity index (χ0) is 15.0. The lowest BCUT2D eigenvalue weighted by Gasteiger charge is -2.21. The summed E-state index contributed by atoms with van der Waals surface area (Å²) < 4.78 is 0. The molecule has 0 bridgehead atoms. The monoisotopic (exact) mass is 276 g/mol. The first-order valence-electron chi connectivity index (χ1n) is 5.88. The van der Waals surface area contributed by atoms with E-state index in [0.717, 1.165) is 0 Å². The summed E-state index contributed by atoms with van der Waals surface area (Å²) in [7, 11) is 1.47. The Morgan fingerprint density at radius 1 is 1.21 bits per heavy atom. The van der Waals surface area contributed by atoms with Crippen LogP contribution in [0.5, 0.6) is 0 Å². The molecule has 2 unspecified atom stereocenters. The molecule has 0 aromatic heterocycles. The molecule has 0 aliphatic carbocycles. The first-order chi connectivity index (χ1) is 8.73. The van der Waals surface area contributed by atoms with Gasteiger partial charge in [-0.3, -0.25) is 4.79 Å². The van der Waals surface area contributed by atoms with Crippen LogP contribution in [0.25, 0.3) is 0 Å². The van der Waals surface area contributed by atoms with E-state index in [1.165, 1.54) is 11.9 Å². The van der Waals surface area contributed by atoms with E-state index in [2.05, 4.69) is 5.32 Å². The van der Waals surface area contributed by atoms with E-state index >= 15 is 0 Å². The molecular formula is C11H20N2O6. The summed E-state index contributed by atoms with van der Waals surface area (Å²) in [5, 5.41) is 28.7. The molecule has 0 rings (SSSR count). The number of carboxylic acid groups (broad SMARTS) is 2. The maximum atomic E-state index is 11.6. The molecule has 0 spiro atoms. The van der Waals surface area contributed by atoms with Gasteiger partial charge in [0.25, 0.3) is 0 Å². The number of aliphatic carboxylic acids is 2. The molecule has 0 aliphatic rings. The Hall–Kier alpha value is -1.83. The Bertz CT molecular complexity index is 331. The summed E-state index contributed by atoms with van der Waals surface area (Å²) in [5.41, 5.74) is 0. The second-order valence-electron chi connectivity index (χ2n) is 4.33. The van der Waals surface area contributed by atoms with E-state index < -0.39 is 30.1 Å². The highest BCUT2D eigenvalue weighted by molar-refractivity contribution is 5.82. The van der Waals surface area contributed by atoms with Gasteiger partial charge in [0.1, 0.15) is 6.04 Å². The van der Waals surface area contributed by atoms with E-state index in [-0.39, 0.29) is 19.4 Å². The number of aliphatic hydroxyl groups is 1. The fourth-order valence-corrected chi connectivity index (χ4v) is 1.27. The second kappa shape index (κ2) is 8.30. The molecule has 110 valence electrons. The van der Waals surface area contributed by atoms with Gasteiger partial charge in [0.15, 0.2) is 0 Å². The molecule has 0 saturated heterocycles. The third-order valence-electron chi connectivity index (χ3n) is 2.47. The lowest BCUT2D eigenvalue weighted by Crippen LogP contribution is -2.47. The molecule has 0 aromatic carbocycles.